The predicted octanol–water partition coefficient (Wildman–Crippen LogP) is 2.58. The lowest BCUT2D eigenvalue weighted by molar-refractivity contribution is 0.292. The molecule has 0 aromatic heterocycles. The number of benzene rings is 1. The molecule has 0 aliphatic rings. The van der Waals surface area contributed by atoms with E-state index >= 15 is 0 Å². The zero-order chi connectivity index (χ0) is 10.6. The van der Waals surface area contributed by atoms with E-state index in [2.05, 4.69) is 5.32 Å². The zero-order valence-electron chi connectivity index (χ0n) is 7.98. The first-order valence-electron chi connectivity index (χ1n) is 4.45. The van der Waals surface area contributed by atoms with Gasteiger partial charge in [-0.1, -0.05) is 11.6 Å². The second-order valence-electron chi connectivity index (χ2n) is 3.09. The smallest absolute Gasteiger partial charge is 0.128 e. The van der Waals surface area contributed by atoms with E-state index in [9.17, 15) is 4.39 Å². The highest BCUT2D eigenvalue weighted by Crippen LogP contribution is 2.24. The molecule has 0 spiro atoms. The average Bonchev–Trinajstić information content (AvgIpc) is 2.14. The SMILES string of the molecule is Cc1cc(Cl)c(NCCCO)cc1F. The van der Waals surface area contributed by atoms with Crippen molar-refractivity contribution in [3.63, 3.8) is 0 Å². The van der Waals surface area contributed by atoms with Gasteiger partial charge in [0.2, 0.25) is 0 Å². The van der Waals surface area contributed by atoms with Crippen molar-refractivity contribution in [1.29, 1.82) is 0 Å². The van der Waals surface area contributed by atoms with Crippen LogP contribution in [0.1, 0.15) is 12.0 Å². The van der Waals surface area contributed by atoms with Gasteiger partial charge >= 0.3 is 0 Å². The molecule has 0 amide bonds. The van der Waals surface area contributed by atoms with Gasteiger partial charge in [0, 0.05) is 13.2 Å². The van der Waals surface area contributed by atoms with Crippen LogP contribution in [0, 0.1) is 12.7 Å². The minimum atomic E-state index is -0.277. The summed E-state index contributed by atoms with van der Waals surface area (Å²) in [6, 6.07) is 2.95. The Morgan fingerprint density at radius 3 is 2.86 bits per heavy atom. The number of halogens is 2. The van der Waals surface area contributed by atoms with E-state index in [4.69, 9.17) is 16.7 Å². The molecule has 0 fully saturated rings. The molecule has 0 bridgehead atoms. The second kappa shape index (κ2) is 5.17. The van der Waals surface area contributed by atoms with Crippen molar-refractivity contribution in [3.8, 4) is 0 Å². The fourth-order valence-electron chi connectivity index (χ4n) is 1.08. The van der Waals surface area contributed by atoms with Crippen LogP contribution in [-0.2, 0) is 0 Å². The van der Waals surface area contributed by atoms with Gasteiger partial charge in [0.1, 0.15) is 5.82 Å². The molecule has 0 heterocycles. The highest BCUT2D eigenvalue weighted by Gasteiger charge is 2.04. The molecule has 78 valence electrons. The highest BCUT2D eigenvalue weighted by atomic mass is 35.5. The van der Waals surface area contributed by atoms with E-state index in [0.29, 0.717) is 29.2 Å². The Hall–Kier alpha value is -0.800. The summed E-state index contributed by atoms with van der Waals surface area (Å²) >= 11 is 5.89. The summed E-state index contributed by atoms with van der Waals surface area (Å²) < 4.78 is 13.1. The van der Waals surface area contributed by atoms with Crippen molar-refractivity contribution < 1.29 is 9.50 Å². The summed E-state index contributed by atoms with van der Waals surface area (Å²) in [5.41, 5.74) is 1.10. The summed E-state index contributed by atoms with van der Waals surface area (Å²) in [5.74, 6) is -0.277. The van der Waals surface area contributed by atoms with Crippen molar-refractivity contribution in [2.24, 2.45) is 0 Å². The molecule has 0 radical (unpaired) electrons. The van der Waals surface area contributed by atoms with Crippen LogP contribution in [0.5, 0.6) is 0 Å². The van der Waals surface area contributed by atoms with Crippen molar-refractivity contribution in [2.45, 2.75) is 13.3 Å². The Bertz CT molecular complexity index is 317. The van der Waals surface area contributed by atoms with Gasteiger partial charge in [-0.25, -0.2) is 4.39 Å². The first-order chi connectivity index (χ1) is 6.65. The lowest BCUT2D eigenvalue weighted by atomic mass is 10.2. The summed E-state index contributed by atoms with van der Waals surface area (Å²) in [6.07, 6.45) is 0.617. The van der Waals surface area contributed by atoms with E-state index < -0.39 is 0 Å². The average molecular weight is 218 g/mol. The largest absolute Gasteiger partial charge is 0.396 e. The number of aliphatic hydroxyl groups excluding tert-OH is 1. The minimum Gasteiger partial charge on any atom is -0.396 e. The predicted molar refractivity (Wildman–Crippen MR) is 56.3 cm³/mol. The molecule has 0 aliphatic carbocycles. The maximum Gasteiger partial charge on any atom is 0.128 e. The Balaban J connectivity index is 2.72. The molecule has 0 aliphatic heterocycles. The van der Waals surface area contributed by atoms with E-state index in [0.717, 1.165) is 0 Å². The molecule has 2 nitrogen and oxygen atoms in total. The van der Waals surface area contributed by atoms with Crippen LogP contribution in [0.2, 0.25) is 5.02 Å². The number of anilines is 1. The first-order valence-corrected chi connectivity index (χ1v) is 4.83. The first kappa shape index (κ1) is 11.3. The third-order valence-corrected chi connectivity index (χ3v) is 2.21. The lowest BCUT2D eigenvalue weighted by Gasteiger charge is -2.08. The van der Waals surface area contributed by atoms with Crippen molar-refractivity contribution in [2.75, 3.05) is 18.5 Å². The Labute approximate surface area is 87.7 Å². The Kier molecular flexibility index (Phi) is 4.17. The molecule has 14 heavy (non-hydrogen) atoms. The molecule has 4 heteroatoms. The van der Waals surface area contributed by atoms with E-state index in [1.165, 1.54) is 6.07 Å². The van der Waals surface area contributed by atoms with Crippen LogP contribution in [0.4, 0.5) is 10.1 Å². The van der Waals surface area contributed by atoms with Crippen LogP contribution in [0.15, 0.2) is 12.1 Å². The molecule has 0 saturated heterocycles. The zero-order valence-corrected chi connectivity index (χ0v) is 8.74. The molecule has 0 atom stereocenters. The highest BCUT2D eigenvalue weighted by molar-refractivity contribution is 6.33. The minimum absolute atomic E-state index is 0.110. The number of aryl methyl sites for hydroxylation is 1. The number of rotatable bonds is 4. The molecule has 2 N–H and O–H groups in total. The molecule has 1 rings (SSSR count). The van der Waals surface area contributed by atoms with Crippen LogP contribution in [0.25, 0.3) is 0 Å². The maximum atomic E-state index is 13.1. The third kappa shape index (κ3) is 2.86. The van der Waals surface area contributed by atoms with Gasteiger partial charge in [-0.3, -0.25) is 0 Å². The van der Waals surface area contributed by atoms with E-state index in [1.807, 2.05) is 0 Å². The fourth-order valence-corrected chi connectivity index (χ4v) is 1.37. The summed E-state index contributed by atoms with van der Waals surface area (Å²) in [7, 11) is 0. The molecule has 1 aromatic rings. The molecule has 1 aromatic carbocycles. The molecule has 0 unspecified atom stereocenters. The molecular weight excluding hydrogens is 205 g/mol. The maximum absolute atomic E-state index is 13.1. The van der Waals surface area contributed by atoms with Gasteiger partial charge < -0.3 is 10.4 Å². The number of hydrogen-bond donors (Lipinski definition) is 2. The Morgan fingerprint density at radius 2 is 2.21 bits per heavy atom. The van der Waals surface area contributed by atoms with Crippen LogP contribution in [0.3, 0.4) is 0 Å². The van der Waals surface area contributed by atoms with Crippen molar-refractivity contribution in [3.05, 3.63) is 28.5 Å². The number of aliphatic hydroxyl groups is 1. The fraction of sp³-hybridized carbons (Fsp3) is 0.400. The Morgan fingerprint density at radius 1 is 1.50 bits per heavy atom. The van der Waals surface area contributed by atoms with E-state index in [1.54, 1.807) is 13.0 Å². The van der Waals surface area contributed by atoms with Crippen LogP contribution < -0.4 is 5.32 Å². The number of nitrogens with one attached hydrogen (secondary N) is 1. The normalized spacial score (nSPS) is 10.3. The van der Waals surface area contributed by atoms with Gasteiger partial charge in [0.15, 0.2) is 0 Å². The topological polar surface area (TPSA) is 32.3 Å². The van der Waals surface area contributed by atoms with Gasteiger partial charge in [0.25, 0.3) is 0 Å². The van der Waals surface area contributed by atoms with Gasteiger partial charge in [0.05, 0.1) is 10.7 Å². The van der Waals surface area contributed by atoms with Gasteiger partial charge in [-0.15, -0.1) is 0 Å². The van der Waals surface area contributed by atoms with Gasteiger partial charge in [-0.05, 0) is 31.0 Å². The quantitative estimate of drug-likeness (QED) is 0.760. The summed E-state index contributed by atoms with van der Waals surface area (Å²) in [4.78, 5) is 0. The summed E-state index contributed by atoms with van der Waals surface area (Å²) in [6.45, 7) is 2.36. The van der Waals surface area contributed by atoms with Crippen LogP contribution >= 0.6 is 11.6 Å². The van der Waals surface area contributed by atoms with Crippen LogP contribution in [-0.4, -0.2) is 18.3 Å². The monoisotopic (exact) mass is 217 g/mol. The molecule has 0 saturated carbocycles. The van der Waals surface area contributed by atoms with Crippen molar-refractivity contribution in [1.82, 2.24) is 0 Å². The lowest BCUT2D eigenvalue weighted by Crippen LogP contribution is -2.04. The van der Waals surface area contributed by atoms with Gasteiger partial charge in [-0.2, -0.15) is 0 Å². The van der Waals surface area contributed by atoms with E-state index in [-0.39, 0.29) is 12.4 Å². The van der Waals surface area contributed by atoms with Crippen molar-refractivity contribution >= 4 is 17.3 Å². The molecular formula is C10H13ClFNO. The standard InChI is InChI=1S/C10H13ClFNO/c1-7-5-8(11)10(6-9(7)12)13-3-2-4-14/h5-6,13-14H,2-4H2,1H3. The summed E-state index contributed by atoms with van der Waals surface area (Å²) in [5, 5.41) is 12.0. The second-order valence-corrected chi connectivity index (χ2v) is 3.49. The third-order valence-electron chi connectivity index (χ3n) is 1.90. The number of hydrogen-bond acceptors (Lipinski definition) is 2.